The molecule has 0 aromatic heterocycles. The van der Waals surface area contributed by atoms with Gasteiger partial charge in [-0.15, -0.1) is 12.6 Å². The van der Waals surface area contributed by atoms with Gasteiger partial charge in [-0.1, -0.05) is 12.1 Å². The van der Waals surface area contributed by atoms with Crippen molar-refractivity contribution in [3.8, 4) is 0 Å². The molecule has 2 rings (SSSR count). The van der Waals surface area contributed by atoms with E-state index in [0.717, 1.165) is 48.9 Å². The minimum atomic E-state index is 0.250. The summed E-state index contributed by atoms with van der Waals surface area (Å²) in [5.74, 6) is 0.984. The zero-order chi connectivity index (χ0) is 14.5. The molecule has 0 spiro atoms. The van der Waals surface area contributed by atoms with Crippen LogP contribution in [-0.4, -0.2) is 49.4 Å². The molecule has 0 unspecified atom stereocenters. The molecule has 1 heterocycles. The Morgan fingerprint density at radius 3 is 2.40 bits per heavy atom. The minimum Gasteiger partial charge on any atom is -0.342 e. The van der Waals surface area contributed by atoms with E-state index in [4.69, 9.17) is 0 Å². The lowest BCUT2D eigenvalue weighted by Gasteiger charge is -2.33. The van der Waals surface area contributed by atoms with Gasteiger partial charge in [-0.05, 0) is 50.6 Å². The van der Waals surface area contributed by atoms with Crippen LogP contribution in [0.15, 0.2) is 29.2 Å². The van der Waals surface area contributed by atoms with Crippen molar-refractivity contribution >= 4 is 18.5 Å². The molecular formula is C16H24N2OS. The first-order valence-electron chi connectivity index (χ1n) is 7.25. The summed E-state index contributed by atoms with van der Waals surface area (Å²) in [5, 5.41) is 0. The molecule has 20 heavy (non-hydrogen) atoms. The Hall–Kier alpha value is -1.00. The molecule has 1 aliphatic heterocycles. The number of amides is 1. The van der Waals surface area contributed by atoms with E-state index in [1.54, 1.807) is 0 Å². The van der Waals surface area contributed by atoms with E-state index in [0.29, 0.717) is 6.42 Å². The number of carbonyl (C=O) groups excluding carboxylic acids is 1. The summed E-state index contributed by atoms with van der Waals surface area (Å²) < 4.78 is 0. The fourth-order valence-corrected chi connectivity index (χ4v) is 2.93. The largest absolute Gasteiger partial charge is 0.342 e. The van der Waals surface area contributed by atoms with Crippen molar-refractivity contribution in [1.82, 2.24) is 9.80 Å². The van der Waals surface area contributed by atoms with Crippen LogP contribution in [0, 0.1) is 5.92 Å². The van der Waals surface area contributed by atoms with Crippen molar-refractivity contribution in [1.29, 1.82) is 0 Å². The lowest BCUT2D eigenvalue weighted by Crippen LogP contribution is -2.41. The van der Waals surface area contributed by atoms with E-state index in [-0.39, 0.29) is 5.91 Å². The second-order valence-corrected chi connectivity index (χ2v) is 6.45. The molecule has 1 aromatic carbocycles. The number of hydrogen-bond acceptors (Lipinski definition) is 3. The average molecular weight is 292 g/mol. The van der Waals surface area contributed by atoms with Gasteiger partial charge in [-0.3, -0.25) is 4.79 Å². The normalized spacial score (nSPS) is 16.7. The van der Waals surface area contributed by atoms with Crippen LogP contribution in [0.4, 0.5) is 0 Å². The summed E-state index contributed by atoms with van der Waals surface area (Å²) in [4.78, 5) is 17.5. The van der Waals surface area contributed by atoms with Gasteiger partial charge >= 0.3 is 0 Å². The zero-order valence-electron chi connectivity index (χ0n) is 12.4. The smallest absolute Gasteiger partial charge is 0.226 e. The summed E-state index contributed by atoms with van der Waals surface area (Å²) >= 11 is 4.26. The van der Waals surface area contributed by atoms with Crippen LogP contribution < -0.4 is 0 Å². The molecule has 1 amide bonds. The maximum atomic E-state index is 12.3. The molecule has 1 saturated heterocycles. The van der Waals surface area contributed by atoms with E-state index in [2.05, 4.69) is 31.6 Å². The van der Waals surface area contributed by atoms with Crippen molar-refractivity contribution in [3.05, 3.63) is 29.8 Å². The zero-order valence-corrected chi connectivity index (χ0v) is 13.3. The Kier molecular flexibility index (Phi) is 5.49. The Labute approximate surface area is 127 Å². The van der Waals surface area contributed by atoms with Crippen LogP contribution in [0.3, 0.4) is 0 Å². The molecule has 0 bridgehead atoms. The average Bonchev–Trinajstić information content (AvgIpc) is 2.41. The number of benzene rings is 1. The van der Waals surface area contributed by atoms with Crippen LogP contribution in [0.2, 0.25) is 0 Å². The van der Waals surface area contributed by atoms with Gasteiger partial charge in [0.15, 0.2) is 0 Å². The Morgan fingerprint density at radius 2 is 1.85 bits per heavy atom. The van der Waals surface area contributed by atoms with Gasteiger partial charge in [0, 0.05) is 24.5 Å². The standard InChI is InChI=1S/C16H24N2OS/c1-17(2)12-14-7-9-18(10-8-14)16(19)11-13-3-5-15(20)6-4-13/h3-6,14,20H,7-12H2,1-2H3. The van der Waals surface area contributed by atoms with E-state index in [1.165, 1.54) is 0 Å². The molecular weight excluding hydrogens is 268 g/mol. The van der Waals surface area contributed by atoms with E-state index < -0.39 is 0 Å². The van der Waals surface area contributed by atoms with Gasteiger partial charge in [0.1, 0.15) is 0 Å². The minimum absolute atomic E-state index is 0.250. The number of carbonyl (C=O) groups is 1. The maximum absolute atomic E-state index is 12.3. The summed E-state index contributed by atoms with van der Waals surface area (Å²) in [5.41, 5.74) is 1.07. The fourth-order valence-electron chi connectivity index (χ4n) is 2.78. The van der Waals surface area contributed by atoms with Gasteiger partial charge < -0.3 is 9.80 Å². The van der Waals surface area contributed by atoms with Crippen molar-refractivity contribution in [2.45, 2.75) is 24.2 Å². The van der Waals surface area contributed by atoms with Crippen LogP contribution in [0.25, 0.3) is 0 Å². The third-order valence-electron chi connectivity index (χ3n) is 3.88. The lowest BCUT2D eigenvalue weighted by atomic mass is 9.96. The maximum Gasteiger partial charge on any atom is 0.226 e. The van der Waals surface area contributed by atoms with Crippen LogP contribution in [0.1, 0.15) is 18.4 Å². The first-order valence-corrected chi connectivity index (χ1v) is 7.69. The quantitative estimate of drug-likeness (QED) is 0.861. The topological polar surface area (TPSA) is 23.6 Å². The van der Waals surface area contributed by atoms with Crippen LogP contribution >= 0.6 is 12.6 Å². The van der Waals surface area contributed by atoms with Gasteiger partial charge in [0.05, 0.1) is 6.42 Å². The fraction of sp³-hybridized carbons (Fsp3) is 0.562. The van der Waals surface area contributed by atoms with Gasteiger partial charge in [-0.25, -0.2) is 0 Å². The van der Waals surface area contributed by atoms with Crippen molar-refractivity contribution < 1.29 is 4.79 Å². The van der Waals surface area contributed by atoms with E-state index >= 15 is 0 Å². The third-order valence-corrected chi connectivity index (χ3v) is 4.18. The highest BCUT2D eigenvalue weighted by Crippen LogP contribution is 2.19. The Balaban J connectivity index is 1.81. The van der Waals surface area contributed by atoms with Gasteiger partial charge in [-0.2, -0.15) is 0 Å². The van der Waals surface area contributed by atoms with Gasteiger partial charge in [0.25, 0.3) is 0 Å². The molecule has 3 nitrogen and oxygen atoms in total. The van der Waals surface area contributed by atoms with Crippen molar-refractivity contribution in [2.75, 3.05) is 33.7 Å². The second-order valence-electron chi connectivity index (χ2n) is 5.93. The Bertz CT molecular complexity index is 436. The van der Waals surface area contributed by atoms with Crippen LogP contribution in [-0.2, 0) is 11.2 Å². The van der Waals surface area contributed by atoms with E-state index in [9.17, 15) is 4.79 Å². The van der Waals surface area contributed by atoms with E-state index in [1.807, 2.05) is 29.2 Å². The first-order chi connectivity index (χ1) is 9.54. The van der Waals surface area contributed by atoms with Gasteiger partial charge in [0.2, 0.25) is 5.91 Å². The number of thiol groups is 1. The second kappa shape index (κ2) is 7.14. The molecule has 0 N–H and O–H groups in total. The molecule has 0 atom stereocenters. The number of likely N-dealkylation sites (tertiary alicyclic amines) is 1. The van der Waals surface area contributed by atoms with Crippen molar-refractivity contribution in [2.24, 2.45) is 5.92 Å². The molecule has 0 aliphatic carbocycles. The Morgan fingerprint density at radius 1 is 1.25 bits per heavy atom. The summed E-state index contributed by atoms with van der Waals surface area (Å²) in [7, 11) is 4.23. The molecule has 0 radical (unpaired) electrons. The SMILES string of the molecule is CN(C)CC1CCN(C(=O)Cc2ccc(S)cc2)CC1. The highest BCUT2D eigenvalue weighted by Gasteiger charge is 2.22. The highest BCUT2D eigenvalue weighted by atomic mass is 32.1. The number of nitrogens with zero attached hydrogens (tertiary/aromatic N) is 2. The molecule has 0 saturated carbocycles. The van der Waals surface area contributed by atoms with Crippen molar-refractivity contribution in [3.63, 3.8) is 0 Å². The molecule has 1 fully saturated rings. The number of piperidine rings is 1. The number of hydrogen-bond donors (Lipinski definition) is 1. The highest BCUT2D eigenvalue weighted by molar-refractivity contribution is 7.80. The summed E-state index contributed by atoms with van der Waals surface area (Å²) in [6.07, 6.45) is 2.76. The van der Waals surface area contributed by atoms with Crippen LogP contribution in [0.5, 0.6) is 0 Å². The predicted molar refractivity (Wildman–Crippen MR) is 85.3 cm³/mol. The third kappa shape index (κ3) is 4.53. The lowest BCUT2D eigenvalue weighted by molar-refractivity contribution is -0.131. The summed E-state index contributed by atoms with van der Waals surface area (Å²) in [6, 6.07) is 7.85. The number of rotatable bonds is 4. The summed E-state index contributed by atoms with van der Waals surface area (Å²) in [6.45, 7) is 2.94. The molecule has 1 aliphatic rings. The molecule has 4 heteroatoms. The molecule has 110 valence electrons. The predicted octanol–water partition coefficient (Wildman–Crippen LogP) is 2.32. The molecule has 1 aromatic rings. The monoisotopic (exact) mass is 292 g/mol. The first kappa shape index (κ1) is 15.4.